The Morgan fingerprint density at radius 1 is 1.35 bits per heavy atom. The first-order valence-corrected chi connectivity index (χ1v) is 5.31. The highest BCUT2D eigenvalue weighted by Gasteiger charge is 2.22. The van der Waals surface area contributed by atoms with Crippen molar-refractivity contribution in [2.75, 3.05) is 13.6 Å². The number of amides is 1. The van der Waals surface area contributed by atoms with E-state index < -0.39 is 0 Å². The number of Topliss-reactive ketones (excluding diaryl/α,β-unsaturated/α-hetero) is 1. The number of cyclic esters (lactones) is 1. The normalized spacial score (nSPS) is 17.4. The fourth-order valence-electron chi connectivity index (χ4n) is 1.60. The molecule has 1 aromatic rings. The number of ketones is 1. The van der Waals surface area contributed by atoms with Crippen molar-refractivity contribution in [2.24, 2.45) is 0 Å². The highest BCUT2D eigenvalue weighted by Crippen LogP contribution is 2.16. The first-order chi connectivity index (χ1) is 8.06. The Morgan fingerprint density at radius 3 is 2.47 bits per heavy atom. The molecule has 2 rings (SSSR count). The Morgan fingerprint density at radius 2 is 2.00 bits per heavy atom. The van der Waals surface area contributed by atoms with Gasteiger partial charge in [0.1, 0.15) is 5.76 Å². The minimum absolute atomic E-state index is 0.0382. The first kappa shape index (κ1) is 11.4. The topological polar surface area (TPSA) is 46.6 Å². The fraction of sp³-hybridized carbons (Fsp3) is 0.231. The molecule has 1 heterocycles. The van der Waals surface area contributed by atoms with Gasteiger partial charge in [-0.05, 0) is 18.6 Å². The maximum absolute atomic E-state index is 11.1. The monoisotopic (exact) mass is 231 g/mol. The van der Waals surface area contributed by atoms with E-state index in [1.54, 1.807) is 25.3 Å². The average molecular weight is 231 g/mol. The molecule has 1 fully saturated rings. The molecular formula is C13H13NO3. The molecule has 0 radical (unpaired) electrons. The minimum atomic E-state index is -0.336. The lowest BCUT2D eigenvalue weighted by atomic mass is 10.1. The highest BCUT2D eigenvalue weighted by molar-refractivity contribution is 5.94. The van der Waals surface area contributed by atoms with E-state index in [4.69, 9.17) is 4.74 Å². The first-order valence-electron chi connectivity index (χ1n) is 5.31. The molecule has 0 aromatic heterocycles. The summed E-state index contributed by atoms with van der Waals surface area (Å²) in [4.78, 5) is 23.7. The number of benzene rings is 1. The summed E-state index contributed by atoms with van der Waals surface area (Å²) < 4.78 is 5.04. The zero-order chi connectivity index (χ0) is 12.4. The maximum atomic E-state index is 11.1. The van der Waals surface area contributed by atoms with E-state index >= 15 is 0 Å². The standard InChI is InChI=1S/C13H13NO3/c1-9(15)11-5-3-10(4-6-11)7-12-8-14(2)13(16)17-12/h3-7H,8H2,1-2H3/b12-7-. The van der Waals surface area contributed by atoms with E-state index in [0.29, 0.717) is 17.9 Å². The second-order valence-corrected chi connectivity index (χ2v) is 4.01. The van der Waals surface area contributed by atoms with Crippen LogP contribution in [-0.4, -0.2) is 30.4 Å². The molecule has 0 atom stereocenters. The van der Waals surface area contributed by atoms with E-state index in [1.165, 1.54) is 11.8 Å². The number of carbonyl (C=O) groups excluding carboxylic acids is 2. The van der Waals surface area contributed by atoms with Crippen LogP contribution in [0.25, 0.3) is 6.08 Å². The van der Waals surface area contributed by atoms with Crippen LogP contribution >= 0.6 is 0 Å². The van der Waals surface area contributed by atoms with Gasteiger partial charge >= 0.3 is 6.09 Å². The van der Waals surface area contributed by atoms with E-state index in [0.717, 1.165) is 5.56 Å². The summed E-state index contributed by atoms with van der Waals surface area (Å²) in [6.45, 7) is 2.01. The molecule has 1 saturated heterocycles. The van der Waals surface area contributed by atoms with Gasteiger partial charge in [0.2, 0.25) is 0 Å². The molecular weight excluding hydrogens is 218 g/mol. The van der Waals surface area contributed by atoms with Crippen molar-refractivity contribution in [1.29, 1.82) is 0 Å². The zero-order valence-electron chi connectivity index (χ0n) is 9.77. The van der Waals surface area contributed by atoms with Gasteiger partial charge in [0.25, 0.3) is 0 Å². The lowest BCUT2D eigenvalue weighted by Gasteiger charge is -1.99. The summed E-state index contributed by atoms with van der Waals surface area (Å²) in [7, 11) is 1.68. The zero-order valence-corrected chi connectivity index (χ0v) is 9.77. The van der Waals surface area contributed by atoms with E-state index in [2.05, 4.69) is 0 Å². The molecule has 0 aliphatic carbocycles. The van der Waals surface area contributed by atoms with Crippen LogP contribution in [0.5, 0.6) is 0 Å². The van der Waals surface area contributed by atoms with E-state index in [-0.39, 0.29) is 11.9 Å². The molecule has 17 heavy (non-hydrogen) atoms. The molecule has 1 aliphatic heterocycles. The summed E-state index contributed by atoms with van der Waals surface area (Å²) in [5.41, 5.74) is 1.58. The average Bonchev–Trinajstić information content (AvgIpc) is 2.58. The molecule has 0 unspecified atom stereocenters. The minimum Gasteiger partial charge on any atom is -0.413 e. The van der Waals surface area contributed by atoms with Crippen molar-refractivity contribution >= 4 is 18.0 Å². The second-order valence-electron chi connectivity index (χ2n) is 4.01. The van der Waals surface area contributed by atoms with Gasteiger partial charge in [-0.3, -0.25) is 4.79 Å². The molecule has 4 nitrogen and oxygen atoms in total. The quantitative estimate of drug-likeness (QED) is 0.734. The van der Waals surface area contributed by atoms with Crippen molar-refractivity contribution in [2.45, 2.75) is 6.92 Å². The molecule has 4 heteroatoms. The van der Waals surface area contributed by atoms with Gasteiger partial charge < -0.3 is 9.64 Å². The lowest BCUT2D eigenvalue weighted by molar-refractivity contribution is 0.101. The Balaban J connectivity index is 2.17. The third-order valence-corrected chi connectivity index (χ3v) is 2.57. The molecule has 0 bridgehead atoms. The third-order valence-electron chi connectivity index (χ3n) is 2.57. The van der Waals surface area contributed by atoms with Crippen molar-refractivity contribution in [3.8, 4) is 0 Å². The number of hydrogen-bond acceptors (Lipinski definition) is 3. The van der Waals surface area contributed by atoms with E-state index in [1.807, 2.05) is 12.1 Å². The fourth-order valence-corrected chi connectivity index (χ4v) is 1.60. The van der Waals surface area contributed by atoms with Gasteiger partial charge in [-0.2, -0.15) is 0 Å². The molecule has 1 aliphatic rings. The van der Waals surface area contributed by atoms with Crippen molar-refractivity contribution in [1.82, 2.24) is 4.90 Å². The summed E-state index contributed by atoms with van der Waals surface area (Å²) in [5, 5.41) is 0. The van der Waals surface area contributed by atoms with Crippen molar-refractivity contribution in [3.63, 3.8) is 0 Å². The number of ether oxygens (including phenoxy) is 1. The van der Waals surface area contributed by atoms with E-state index in [9.17, 15) is 9.59 Å². The second kappa shape index (κ2) is 4.41. The summed E-state index contributed by atoms with van der Waals surface area (Å²) in [6, 6.07) is 7.18. The predicted molar refractivity (Wildman–Crippen MR) is 63.5 cm³/mol. The van der Waals surface area contributed by atoms with Crippen LogP contribution in [0.2, 0.25) is 0 Å². The maximum Gasteiger partial charge on any atom is 0.415 e. The van der Waals surface area contributed by atoms with Crippen LogP contribution in [0.1, 0.15) is 22.8 Å². The van der Waals surface area contributed by atoms with Gasteiger partial charge in [0, 0.05) is 12.6 Å². The number of hydrogen-bond donors (Lipinski definition) is 0. The van der Waals surface area contributed by atoms with Gasteiger partial charge in [-0.1, -0.05) is 24.3 Å². The van der Waals surface area contributed by atoms with Crippen molar-refractivity contribution in [3.05, 3.63) is 41.2 Å². The Kier molecular flexibility index (Phi) is 2.95. The molecule has 1 amide bonds. The molecule has 1 aromatic carbocycles. The molecule has 0 saturated carbocycles. The van der Waals surface area contributed by atoms with Crippen LogP contribution in [0.15, 0.2) is 30.0 Å². The number of rotatable bonds is 2. The van der Waals surface area contributed by atoms with Crippen LogP contribution in [-0.2, 0) is 4.74 Å². The lowest BCUT2D eigenvalue weighted by Crippen LogP contribution is -2.17. The molecule has 88 valence electrons. The van der Waals surface area contributed by atoms with Crippen LogP contribution < -0.4 is 0 Å². The Labute approximate surface area is 99.5 Å². The van der Waals surface area contributed by atoms with Crippen LogP contribution in [0.4, 0.5) is 4.79 Å². The largest absolute Gasteiger partial charge is 0.415 e. The Bertz CT molecular complexity index is 488. The number of carbonyl (C=O) groups is 2. The predicted octanol–water partition coefficient (Wildman–Crippen LogP) is 2.31. The number of nitrogens with zero attached hydrogens (tertiary/aromatic N) is 1. The molecule has 0 spiro atoms. The molecule has 0 N–H and O–H groups in total. The van der Waals surface area contributed by atoms with Gasteiger partial charge in [0.15, 0.2) is 5.78 Å². The van der Waals surface area contributed by atoms with Gasteiger partial charge in [0.05, 0.1) is 6.54 Å². The van der Waals surface area contributed by atoms with Crippen molar-refractivity contribution < 1.29 is 14.3 Å². The summed E-state index contributed by atoms with van der Waals surface area (Å²) in [6.07, 6.45) is 1.46. The van der Waals surface area contributed by atoms with Crippen LogP contribution in [0, 0.1) is 0 Å². The van der Waals surface area contributed by atoms with Gasteiger partial charge in [-0.25, -0.2) is 4.79 Å². The number of likely N-dealkylation sites (N-methyl/N-ethyl adjacent to an activating group) is 1. The summed E-state index contributed by atoms with van der Waals surface area (Å²) >= 11 is 0. The van der Waals surface area contributed by atoms with Crippen LogP contribution in [0.3, 0.4) is 0 Å². The SMILES string of the molecule is CC(=O)c1ccc(/C=C2/CN(C)C(=O)O2)cc1. The third kappa shape index (κ3) is 2.53. The summed E-state index contributed by atoms with van der Waals surface area (Å²) in [5.74, 6) is 0.657. The Hall–Kier alpha value is -2.10. The van der Waals surface area contributed by atoms with Gasteiger partial charge in [-0.15, -0.1) is 0 Å². The smallest absolute Gasteiger partial charge is 0.413 e. The highest BCUT2D eigenvalue weighted by atomic mass is 16.6.